The first-order valence-corrected chi connectivity index (χ1v) is 11.8. The van der Waals surface area contributed by atoms with E-state index < -0.39 is 11.7 Å². The van der Waals surface area contributed by atoms with Crippen molar-refractivity contribution >= 4 is 11.6 Å². The molecule has 0 aliphatic carbocycles. The highest BCUT2D eigenvalue weighted by Crippen LogP contribution is 2.28. The van der Waals surface area contributed by atoms with Gasteiger partial charge in [0.1, 0.15) is 17.5 Å². The molecule has 0 fully saturated rings. The normalized spacial score (nSPS) is 13.5. The van der Waals surface area contributed by atoms with Gasteiger partial charge in [-0.25, -0.2) is 13.5 Å². The lowest BCUT2D eigenvalue weighted by Crippen LogP contribution is -2.16. The second-order valence-electron chi connectivity index (χ2n) is 9.04. The Morgan fingerprint density at radius 3 is 2.60 bits per heavy atom. The maximum absolute atomic E-state index is 14.7. The van der Waals surface area contributed by atoms with Crippen LogP contribution in [-0.2, 0) is 13.0 Å². The average molecular weight is 477 g/mol. The number of fused-ring (bicyclic) bond motifs is 1. The van der Waals surface area contributed by atoms with Crippen LogP contribution in [0.15, 0.2) is 48.7 Å². The van der Waals surface area contributed by atoms with E-state index in [-0.39, 0.29) is 17.4 Å². The highest BCUT2D eigenvalue weighted by molar-refractivity contribution is 6.05. The summed E-state index contributed by atoms with van der Waals surface area (Å²) in [6.07, 6.45) is 5.57. The van der Waals surface area contributed by atoms with E-state index in [1.54, 1.807) is 28.9 Å². The molecule has 0 saturated heterocycles. The number of carbonyl (C=O) groups excluding carboxylic acids is 1. The van der Waals surface area contributed by atoms with E-state index in [1.165, 1.54) is 24.4 Å². The molecule has 0 unspecified atom stereocenters. The molecular weight excluding hydrogens is 450 g/mol. The third kappa shape index (κ3) is 4.45. The summed E-state index contributed by atoms with van der Waals surface area (Å²) in [6, 6.07) is 10.4. The Hall–Kier alpha value is -3.88. The van der Waals surface area contributed by atoms with E-state index in [9.17, 15) is 13.6 Å². The number of benzene rings is 2. The molecule has 5 rings (SSSR count). The van der Waals surface area contributed by atoms with Crippen LogP contribution >= 0.6 is 0 Å². The Kier molecular flexibility index (Phi) is 6.15. The quantitative estimate of drug-likeness (QED) is 0.412. The number of nitrogens with zero attached hydrogens (tertiary/aromatic N) is 5. The predicted molar refractivity (Wildman–Crippen MR) is 129 cm³/mol. The minimum Gasteiger partial charge on any atom is -0.319 e. The molecule has 3 heterocycles. The van der Waals surface area contributed by atoms with Crippen molar-refractivity contribution in [3.63, 3.8) is 0 Å². The van der Waals surface area contributed by atoms with Gasteiger partial charge in [0.05, 0.1) is 28.8 Å². The molecule has 180 valence electrons. The number of aromatic nitrogens is 5. The molecule has 0 radical (unpaired) electrons. The molecule has 1 amide bonds. The first-order valence-electron chi connectivity index (χ1n) is 11.8. The number of aryl methyl sites for hydroxylation is 1. The summed E-state index contributed by atoms with van der Waals surface area (Å²) in [6.45, 7) is 4.69. The van der Waals surface area contributed by atoms with Gasteiger partial charge in [-0.15, -0.1) is 10.2 Å². The van der Waals surface area contributed by atoms with Crippen LogP contribution in [0.2, 0.25) is 0 Å². The largest absolute Gasteiger partial charge is 0.319 e. The molecule has 7 nitrogen and oxygen atoms in total. The van der Waals surface area contributed by atoms with Crippen molar-refractivity contribution in [3.05, 3.63) is 77.4 Å². The van der Waals surface area contributed by atoms with Crippen molar-refractivity contribution in [1.29, 1.82) is 0 Å². The van der Waals surface area contributed by atoms with E-state index in [1.807, 2.05) is 13.8 Å². The van der Waals surface area contributed by atoms with Crippen LogP contribution in [0.4, 0.5) is 14.5 Å². The predicted octanol–water partition coefficient (Wildman–Crippen LogP) is 5.51. The zero-order valence-corrected chi connectivity index (χ0v) is 19.6. The fraction of sp³-hybridized carbons (Fsp3) is 0.308. The van der Waals surface area contributed by atoms with Crippen molar-refractivity contribution in [2.24, 2.45) is 0 Å². The van der Waals surface area contributed by atoms with E-state index in [0.29, 0.717) is 28.3 Å². The summed E-state index contributed by atoms with van der Waals surface area (Å²) in [7, 11) is 0. The van der Waals surface area contributed by atoms with Gasteiger partial charge in [-0.05, 0) is 61.2 Å². The summed E-state index contributed by atoms with van der Waals surface area (Å²) in [5, 5.41) is 15.7. The molecule has 1 aliphatic heterocycles. The smallest absolute Gasteiger partial charge is 0.259 e. The van der Waals surface area contributed by atoms with Crippen molar-refractivity contribution in [1.82, 2.24) is 24.5 Å². The highest BCUT2D eigenvalue weighted by Gasteiger charge is 2.23. The van der Waals surface area contributed by atoms with Gasteiger partial charge in [0, 0.05) is 18.5 Å². The first kappa shape index (κ1) is 22.9. The van der Waals surface area contributed by atoms with Crippen molar-refractivity contribution in [3.8, 4) is 17.1 Å². The molecule has 35 heavy (non-hydrogen) atoms. The third-order valence-electron chi connectivity index (χ3n) is 6.25. The van der Waals surface area contributed by atoms with Crippen molar-refractivity contribution < 1.29 is 13.6 Å². The van der Waals surface area contributed by atoms with Crippen LogP contribution in [0.25, 0.3) is 17.1 Å². The van der Waals surface area contributed by atoms with Crippen LogP contribution in [0, 0.1) is 11.6 Å². The van der Waals surface area contributed by atoms with Crippen LogP contribution in [0.1, 0.15) is 60.9 Å². The van der Waals surface area contributed by atoms with Crippen LogP contribution in [0.3, 0.4) is 0 Å². The molecule has 2 aromatic heterocycles. The van der Waals surface area contributed by atoms with Gasteiger partial charge in [-0.2, -0.15) is 5.10 Å². The minimum atomic E-state index is -0.547. The highest BCUT2D eigenvalue weighted by atomic mass is 19.1. The first-order chi connectivity index (χ1) is 16.9. The summed E-state index contributed by atoms with van der Waals surface area (Å²) >= 11 is 0. The number of amides is 1. The van der Waals surface area contributed by atoms with E-state index >= 15 is 0 Å². The molecule has 4 aromatic rings. The number of nitrogens with one attached hydrogen (secondary N) is 1. The van der Waals surface area contributed by atoms with Crippen LogP contribution < -0.4 is 5.32 Å². The van der Waals surface area contributed by atoms with Gasteiger partial charge in [-0.3, -0.25) is 4.79 Å². The second kappa shape index (κ2) is 9.40. The third-order valence-corrected chi connectivity index (χ3v) is 6.25. The molecule has 0 spiro atoms. The summed E-state index contributed by atoms with van der Waals surface area (Å²) < 4.78 is 31.8. The molecular formula is C26H26F2N6O. The Balaban J connectivity index is 1.46. The van der Waals surface area contributed by atoms with Crippen molar-refractivity contribution in [2.45, 2.75) is 52.0 Å². The number of rotatable bonds is 5. The fourth-order valence-corrected chi connectivity index (χ4v) is 4.52. The summed E-state index contributed by atoms with van der Waals surface area (Å²) in [5.41, 5.74) is 2.35. The number of anilines is 1. The fourth-order valence-electron chi connectivity index (χ4n) is 4.52. The van der Waals surface area contributed by atoms with Gasteiger partial charge < -0.3 is 9.88 Å². The van der Waals surface area contributed by atoms with Crippen LogP contribution in [0.5, 0.6) is 0 Å². The summed E-state index contributed by atoms with van der Waals surface area (Å²) in [4.78, 5) is 13.2. The number of hydrogen-bond donors (Lipinski definition) is 1. The Morgan fingerprint density at radius 1 is 1.03 bits per heavy atom. The topological polar surface area (TPSA) is 77.6 Å². The van der Waals surface area contributed by atoms with Crippen LogP contribution in [-0.4, -0.2) is 30.5 Å². The second-order valence-corrected chi connectivity index (χ2v) is 9.04. The van der Waals surface area contributed by atoms with Gasteiger partial charge in [0.15, 0.2) is 5.82 Å². The van der Waals surface area contributed by atoms with Gasteiger partial charge in [0.2, 0.25) is 0 Å². The lowest BCUT2D eigenvalue weighted by molar-refractivity contribution is 0.102. The molecule has 0 atom stereocenters. The van der Waals surface area contributed by atoms with E-state index in [2.05, 4.69) is 25.2 Å². The Bertz CT molecular complexity index is 1370. The number of carbonyl (C=O) groups is 1. The van der Waals surface area contributed by atoms with E-state index in [0.717, 1.165) is 38.1 Å². The standard InChI is InChI=1S/C26H26F2N6O/c1-16(2)24-20(15-29-34(24)19-10-8-18(27)9-11-19)26(35)30-22-14-17(7-12-21(22)28)25-32-31-23-6-4-3-5-13-33(23)25/h7-12,14-16H,3-6,13H2,1-2H3,(H,30,35). The number of hydrogen-bond acceptors (Lipinski definition) is 4. The molecule has 1 N–H and O–H groups in total. The average Bonchev–Trinajstić information content (AvgIpc) is 3.39. The SMILES string of the molecule is CC(C)c1c(C(=O)Nc2cc(-c3nnc4n3CCCCC4)ccc2F)cnn1-c1ccc(F)cc1. The lowest BCUT2D eigenvalue weighted by Gasteiger charge is -2.14. The van der Waals surface area contributed by atoms with Gasteiger partial charge >= 0.3 is 0 Å². The van der Waals surface area contributed by atoms with Crippen molar-refractivity contribution in [2.75, 3.05) is 5.32 Å². The maximum atomic E-state index is 14.7. The molecule has 0 bridgehead atoms. The molecule has 9 heteroatoms. The molecule has 2 aromatic carbocycles. The monoisotopic (exact) mass is 476 g/mol. The van der Waals surface area contributed by atoms with E-state index in [4.69, 9.17) is 0 Å². The minimum absolute atomic E-state index is 0.0581. The molecule has 1 aliphatic rings. The summed E-state index contributed by atoms with van der Waals surface area (Å²) in [5.74, 6) is 0.162. The maximum Gasteiger partial charge on any atom is 0.259 e. The lowest BCUT2D eigenvalue weighted by atomic mass is 10.0. The van der Waals surface area contributed by atoms with Gasteiger partial charge in [-0.1, -0.05) is 20.3 Å². The Morgan fingerprint density at radius 2 is 1.83 bits per heavy atom. The zero-order chi connectivity index (χ0) is 24.5. The molecule has 0 saturated carbocycles. The number of halogens is 2. The van der Waals surface area contributed by atoms with Gasteiger partial charge in [0.25, 0.3) is 5.91 Å². The Labute approximate surface area is 201 Å². The zero-order valence-electron chi connectivity index (χ0n) is 19.6.